The molecule has 1 N–H and O–H groups in total. The Balaban J connectivity index is 1.72. The number of nitrogens with zero attached hydrogens (tertiary/aromatic N) is 1. The van der Waals surface area contributed by atoms with Crippen molar-refractivity contribution >= 4 is 18.0 Å². The van der Waals surface area contributed by atoms with Gasteiger partial charge in [-0.2, -0.15) is 0 Å². The summed E-state index contributed by atoms with van der Waals surface area (Å²) in [4.78, 5) is 26.5. The minimum atomic E-state index is -0.347. The van der Waals surface area contributed by atoms with Gasteiger partial charge in [0.25, 0.3) is 5.91 Å². The number of carbonyl (C=O) groups is 2. The Kier molecular flexibility index (Phi) is 6.98. The van der Waals surface area contributed by atoms with Crippen molar-refractivity contribution in [3.63, 3.8) is 0 Å². The second kappa shape index (κ2) is 9.85. The zero-order valence-electron chi connectivity index (χ0n) is 16.1. The molecule has 3 rings (SSSR count). The van der Waals surface area contributed by atoms with Gasteiger partial charge in [-0.1, -0.05) is 42.5 Å². The van der Waals surface area contributed by atoms with Crippen molar-refractivity contribution in [2.45, 2.75) is 25.9 Å². The summed E-state index contributed by atoms with van der Waals surface area (Å²) in [6.07, 6.45) is 4.11. The molecule has 5 nitrogen and oxygen atoms in total. The molecule has 1 unspecified atom stereocenters. The third-order valence-electron chi connectivity index (χ3n) is 4.79. The Morgan fingerprint density at radius 3 is 2.54 bits per heavy atom. The number of benzene rings is 2. The molecule has 0 aromatic heterocycles. The fourth-order valence-electron chi connectivity index (χ4n) is 3.30. The number of rotatable bonds is 7. The van der Waals surface area contributed by atoms with Crippen molar-refractivity contribution in [3.8, 4) is 0 Å². The molecule has 2 aromatic carbocycles. The van der Waals surface area contributed by atoms with Crippen LogP contribution in [0.1, 0.15) is 34.8 Å². The zero-order valence-corrected chi connectivity index (χ0v) is 16.1. The van der Waals surface area contributed by atoms with Gasteiger partial charge < -0.3 is 15.0 Å². The largest absolute Gasteiger partial charge is 0.463 e. The third-order valence-corrected chi connectivity index (χ3v) is 4.79. The monoisotopic (exact) mass is 378 g/mol. The fourth-order valence-corrected chi connectivity index (χ4v) is 3.30. The first-order valence-corrected chi connectivity index (χ1v) is 9.68. The standard InChI is InChI=1S/C23H26N2O3/c1-2-28-22(26)13-12-18-8-10-19(11-9-18)17-25(21-14-15-24-16-21)23(27)20-6-4-3-5-7-20/h3-13,21,24H,2,14-17H2,1H3. The smallest absolute Gasteiger partial charge is 0.330 e. The maximum absolute atomic E-state index is 13.1. The topological polar surface area (TPSA) is 58.6 Å². The van der Waals surface area contributed by atoms with Crippen molar-refractivity contribution in [2.24, 2.45) is 0 Å². The lowest BCUT2D eigenvalue weighted by Crippen LogP contribution is -2.41. The minimum absolute atomic E-state index is 0.0561. The molecule has 1 saturated heterocycles. The highest BCUT2D eigenvalue weighted by molar-refractivity contribution is 5.94. The Morgan fingerprint density at radius 1 is 1.14 bits per heavy atom. The van der Waals surface area contributed by atoms with Crippen LogP contribution in [-0.2, 0) is 16.1 Å². The first-order valence-electron chi connectivity index (χ1n) is 9.68. The van der Waals surface area contributed by atoms with Crippen LogP contribution < -0.4 is 5.32 Å². The van der Waals surface area contributed by atoms with Gasteiger partial charge in [0.1, 0.15) is 0 Å². The van der Waals surface area contributed by atoms with Crippen LogP contribution in [-0.4, -0.2) is 42.5 Å². The summed E-state index contributed by atoms with van der Waals surface area (Å²) in [5, 5.41) is 3.34. The fraction of sp³-hybridized carbons (Fsp3) is 0.304. The van der Waals surface area contributed by atoms with Gasteiger partial charge in [0, 0.05) is 30.8 Å². The summed E-state index contributed by atoms with van der Waals surface area (Å²) in [6, 6.07) is 17.5. The molecular formula is C23H26N2O3. The van der Waals surface area contributed by atoms with E-state index in [1.54, 1.807) is 13.0 Å². The van der Waals surface area contributed by atoms with Gasteiger partial charge in [-0.15, -0.1) is 0 Å². The molecule has 1 atom stereocenters. The molecule has 28 heavy (non-hydrogen) atoms. The maximum atomic E-state index is 13.1. The molecular weight excluding hydrogens is 352 g/mol. The van der Waals surface area contributed by atoms with Crippen LogP contribution in [0.5, 0.6) is 0 Å². The van der Waals surface area contributed by atoms with Crippen molar-refractivity contribution < 1.29 is 14.3 Å². The molecule has 1 aliphatic heterocycles. The molecule has 146 valence electrons. The summed E-state index contributed by atoms with van der Waals surface area (Å²) in [5.74, 6) is -0.291. The van der Waals surface area contributed by atoms with Gasteiger partial charge in [0.2, 0.25) is 0 Å². The normalized spacial score (nSPS) is 16.2. The number of hydrogen-bond donors (Lipinski definition) is 1. The maximum Gasteiger partial charge on any atom is 0.330 e. The third kappa shape index (κ3) is 5.30. The van der Waals surface area contributed by atoms with E-state index in [0.29, 0.717) is 18.7 Å². The van der Waals surface area contributed by atoms with Crippen LogP contribution in [0.25, 0.3) is 6.08 Å². The molecule has 0 radical (unpaired) electrons. The van der Waals surface area contributed by atoms with E-state index in [-0.39, 0.29) is 17.9 Å². The zero-order chi connectivity index (χ0) is 19.8. The molecule has 2 aromatic rings. The second-order valence-electron chi connectivity index (χ2n) is 6.77. The molecule has 0 spiro atoms. The molecule has 1 fully saturated rings. The summed E-state index contributed by atoms with van der Waals surface area (Å²) in [7, 11) is 0. The van der Waals surface area contributed by atoms with E-state index in [1.165, 1.54) is 6.08 Å². The van der Waals surface area contributed by atoms with Crippen LogP contribution >= 0.6 is 0 Å². The number of nitrogens with one attached hydrogen (secondary N) is 1. The molecule has 0 aliphatic carbocycles. The summed E-state index contributed by atoms with van der Waals surface area (Å²) in [6.45, 7) is 4.45. The van der Waals surface area contributed by atoms with Crippen molar-refractivity contribution in [1.82, 2.24) is 10.2 Å². The van der Waals surface area contributed by atoms with Crippen LogP contribution in [0, 0.1) is 0 Å². The highest BCUT2D eigenvalue weighted by Crippen LogP contribution is 2.18. The minimum Gasteiger partial charge on any atom is -0.463 e. The first-order chi connectivity index (χ1) is 13.7. The van der Waals surface area contributed by atoms with Gasteiger partial charge in [-0.05, 0) is 49.2 Å². The Bertz CT molecular complexity index is 810. The highest BCUT2D eigenvalue weighted by atomic mass is 16.5. The quantitative estimate of drug-likeness (QED) is 0.593. The predicted octanol–water partition coefficient (Wildman–Crippen LogP) is 3.27. The Labute approximate surface area is 166 Å². The average molecular weight is 378 g/mol. The van der Waals surface area contributed by atoms with E-state index in [9.17, 15) is 9.59 Å². The van der Waals surface area contributed by atoms with E-state index in [0.717, 1.165) is 30.6 Å². The summed E-state index contributed by atoms with van der Waals surface area (Å²) in [5.41, 5.74) is 2.69. The SMILES string of the molecule is CCOC(=O)C=Cc1ccc(CN(C(=O)c2ccccc2)C2CCNC2)cc1. The lowest BCUT2D eigenvalue weighted by molar-refractivity contribution is -0.137. The van der Waals surface area contributed by atoms with E-state index in [4.69, 9.17) is 4.74 Å². The van der Waals surface area contributed by atoms with Gasteiger partial charge in [-0.3, -0.25) is 4.79 Å². The molecule has 0 saturated carbocycles. The first kappa shape index (κ1) is 19.8. The summed E-state index contributed by atoms with van der Waals surface area (Å²) >= 11 is 0. The molecule has 1 amide bonds. The average Bonchev–Trinajstić information content (AvgIpc) is 3.26. The summed E-state index contributed by atoms with van der Waals surface area (Å²) < 4.78 is 4.89. The van der Waals surface area contributed by atoms with E-state index in [1.807, 2.05) is 59.5 Å². The highest BCUT2D eigenvalue weighted by Gasteiger charge is 2.27. The number of carbonyl (C=O) groups excluding carboxylic acids is 2. The number of amides is 1. The molecule has 1 aliphatic rings. The van der Waals surface area contributed by atoms with E-state index in [2.05, 4.69) is 5.32 Å². The van der Waals surface area contributed by atoms with Gasteiger partial charge in [-0.25, -0.2) is 4.79 Å². The number of esters is 1. The number of ether oxygens (including phenoxy) is 1. The van der Waals surface area contributed by atoms with Crippen LogP contribution in [0.4, 0.5) is 0 Å². The van der Waals surface area contributed by atoms with Gasteiger partial charge >= 0.3 is 5.97 Å². The molecule has 5 heteroatoms. The van der Waals surface area contributed by atoms with Gasteiger partial charge in [0.05, 0.1) is 6.61 Å². The van der Waals surface area contributed by atoms with Crippen molar-refractivity contribution in [3.05, 3.63) is 77.4 Å². The van der Waals surface area contributed by atoms with Gasteiger partial charge in [0.15, 0.2) is 0 Å². The van der Waals surface area contributed by atoms with E-state index >= 15 is 0 Å². The molecule has 0 bridgehead atoms. The predicted molar refractivity (Wildman–Crippen MR) is 110 cm³/mol. The lowest BCUT2D eigenvalue weighted by Gasteiger charge is -2.29. The van der Waals surface area contributed by atoms with Crippen LogP contribution in [0.15, 0.2) is 60.7 Å². The Morgan fingerprint density at radius 2 is 1.89 bits per heavy atom. The van der Waals surface area contributed by atoms with Crippen molar-refractivity contribution in [2.75, 3.05) is 19.7 Å². The van der Waals surface area contributed by atoms with Crippen LogP contribution in [0.3, 0.4) is 0 Å². The second-order valence-corrected chi connectivity index (χ2v) is 6.77. The lowest BCUT2D eigenvalue weighted by atomic mass is 10.1. The Hall–Kier alpha value is -2.92. The van der Waals surface area contributed by atoms with Crippen molar-refractivity contribution in [1.29, 1.82) is 0 Å². The number of hydrogen-bond acceptors (Lipinski definition) is 4. The van der Waals surface area contributed by atoms with E-state index < -0.39 is 0 Å². The molecule has 1 heterocycles. The van der Waals surface area contributed by atoms with Crippen LogP contribution in [0.2, 0.25) is 0 Å².